The van der Waals surface area contributed by atoms with Crippen molar-refractivity contribution in [3.05, 3.63) is 160 Å². The Morgan fingerprint density at radius 3 is 2.15 bits per heavy atom. The number of nitrogens with zero attached hydrogens (tertiary/aromatic N) is 3. The van der Waals surface area contributed by atoms with Crippen molar-refractivity contribution in [2.45, 2.75) is 64.2 Å². The molecule has 2 heterocycles. The SMILES string of the molecule is CC1CC(C2N=C(c3ccc4c(c3)C(C)(C)c3ccccc3-4)N3C(c4ccc5ccccc5c4)[N@]23)=CC2=C1c1ccccc1C2(C)C. The second-order valence-corrected chi connectivity index (χ2v) is 15.3. The van der Waals surface area contributed by atoms with Crippen molar-refractivity contribution < 1.29 is 0 Å². The van der Waals surface area contributed by atoms with Crippen molar-refractivity contribution in [1.82, 2.24) is 10.0 Å². The van der Waals surface area contributed by atoms with Crippen LogP contribution in [0, 0.1) is 5.92 Å². The second kappa shape index (κ2) is 9.20. The van der Waals surface area contributed by atoms with Crippen LogP contribution >= 0.6 is 0 Å². The highest BCUT2D eigenvalue weighted by Crippen LogP contribution is 2.57. The monoisotopic (exact) mass is 609 g/mol. The summed E-state index contributed by atoms with van der Waals surface area (Å²) < 4.78 is 0. The molecule has 0 radical (unpaired) electrons. The predicted molar refractivity (Wildman–Crippen MR) is 193 cm³/mol. The van der Waals surface area contributed by atoms with Crippen molar-refractivity contribution in [3.8, 4) is 11.1 Å². The Kier molecular flexibility index (Phi) is 5.36. The Morgan fingerprint density at radius 1 is 0.660 bits per heavy atom. The normalized spacial score (nSPS) is 25.5. The molecule has 4 atom stereocenters. The number of hydrazine groups is 1. The van der Waals surface area contributed by atoms with E-state index in [0.717, 1.165) is 12.3 Å². The third-order valence-electron chi connectivity index (χ3n) is 11.9. The summed E-state index contributed by atoms with van der Waals surface area (Å²) in [5.74, 6) is 1.53. The van der Waals surface area contributed by atoms with Crippen LogP contribution in [0.2, 0.25) is 0 Å². The van der Waals surface area contributed by atoms with Gasteiger partial charge >= 0.3 is 0 Å². The van der Waals surface area contributed by atoms with Gasteiger partial charge in [0.05, 0.1) is 0 Å². The number of fused-ring (bicyclic) bond motifs is 7. The smallest absolute Gasteiger partial charge is 0.149 e. The molecule has 10 rings (SSSR count). The second-order valence-electron chi connectivity index (χ2n) is 15.3. The average Bonchev–Trinajstić information content (AvgIpc) is 3.51. The first kappa shape index (κ1) is 27.4. The molecule has 2 aliphatic heterocycles. The molecule has 230 valence electrons. The highest BCUT2D eigenvalue weighted by atomic mass is 15.9. The first-order chi connectivity index (χ1) is 22.7. The highest BCUT2D eigenvalue weighted by Gasteiger charge is 2.58. The minimum Gasteiger partial charge on any atom is -0.261 e. The minimum atomic E-state index is -0.0515. The van der Waals surface area contributed by atoms with Crippen LogP contribution in [0.1, 0.15) is 80.6 Å². The van der Waals surface area contributed by atoms with Gasteiger partial charge in [-0.15, -0.1) is 0 Å². The lowest BCUT2D eigenvalue weighted by Crippen LogP contribution is -2.24. The molecular formula is C44H39N3. The van der Waals surface area contributed by atoms with Crippen LogP contribution in [-0.4, -0.2) is 22.0 Å². The van der Waals surface area contributed by atoms with E-state index in [4.69, 9.17) is 4.99 Å². The molecule has 3 unspecified atom stereocenters. The number of rotatable bonds is 3. The first-order valence-corrected chi connectivity index (χ1v) is 17.2. The zero-order valence-corrected chi connectivity index (χ0v) is 27.8. The molecular weight excluding hydrogens is 571 g/mol. The highest BCUT2D eigenvalue weighted by molar-refractivity contribution is 6.03. The maximum absolute atomic E-state index is 5.60. The fourth-order valence-electron chi connectivity index (χ4n) is 9.42. The van der Waals surface area contributed by atoms with Crippen LogP contribution in [-0.2, 0) is 10.8 Å². The van der Waals surface area contributed by atoms with Crippen LogP contribution in [0.5, 0.6) is 0 Å². The van der Waals surface area contributed by atoms with Gasteiger partial charge in [-0.05, 0) is 90.9 Å². The zero-order valence-electron chi connectivity index (χ0n) is 27.8. The molecule has 5 aromatic rings. The largest absolute Gasteiger partial charge is 0.261 e. The number of aliphatic imine (C=N–C) groups is 1. The fraction of sp³-hybridized carbons (Fsp3) is 0.250. The van der Waals surface area contributed by atoms with Crippen LogP contribution in [0.4, 0.5) is 0 Å². The van der Waals surface area contributed by atoms with Gasteiger partial charge in [-0.2, -0.15) is 5.01 Å². The molecule has 3 nitrogen and oxygen atoms in total. The summed E-state index contributed by atoms with van der Waals surface area (Å²) in [6.45, 7) is 11.9. The summed E-state index contributed by atoms with van der Waals surface area (Å²) in [5.41, 5.74) is 15.3. The molecule has 3 heteroatoms. The van der Waals surface area contributed by atoms with Gasteiger partial charge < -0.3 is 0 Å². The minimum absolute atomic E-state index is 0.0176. The van der Waals surface area contributed by atoms with Gasteiger partial charge in [-0.25, -0.2) is 4.99 Å². The van der Waals surface area contributed by atoms with Crippen molar-refractivity contribution in [2.24, 2.45) is 10.9 Å². The molecule has 1 fully saturated rings. The molecule has 0 saturated carbocycles. The molecule has 5 aromatic carbocycles. The zero-order chi connectivity index (χ0) is 31.8. The van der Waals surface area contributed by atoms with Crippen LogP contribution in [0.25, 0.3) is 27.5 Å². The topological polar surface area (TPSA) is 18.4 Å². The molecule has 47 heavy (non-hydrogen) atoms. The van der Waals surface area contributed by atoms with E-state index < -0.39 is 0 Å². The Bertz CT molecular complexity index is 2280. The Labute approximate surface area is 277 Å². The standard InChI is InChI=1S/C44H39N3/c1-26-22-31(25-38-39(26)34-15-9-11-17-36(34)44(38,4)5)41-45-40(46-42(47(41)46)30-19-18-27-12-6-7-13-28(27)23-30)29-20-21-33-32-14-8-10-16-35(32)43(2,3)37(33)24-29/h6-21,23-26,41-42H,22H2,1-5H3/t26?,41?,42?,46?,47-/m0/s1. The predicted octanol–water partition coefficient (Wildman–Crippen LogP) is 10.2. The van der Waals surface area contributed by atoms with Gasteiger partial charge in [0.15, 0.2) is 0 Å². The van der Waals surface area contributed by atoms with Gasteiger partial charge in [-0.1, -0.05) is 138 Å². The van der Waals surface area contributed by atoms with Crippen molar-refractivity contribution in [3.63, 3.8) is 0 Å². The summed E-state index contributed by atoms with van der Waals surface area (Å²) in [4.78, 5) is 5.60. The molecule has 0 spiro atoms. The third kappa shape index (κ3) is 3.64. The van der Waals surface area contributed by atoms with Crippen molar-refractivity contribution in [1.29, 1.82) is 0 Å². The summed E-state index contributed by atoms with van der Waals surface area (Å²) >= 11 is 0. The lowest BCUT2D eigenvalue weighted by atomic mass is 9.76. The van der Waals surface area contributed by atoms with Crippen LogP contribution < -0.4 is 0 Å². The number of allylic oxidation sites excluding steroid dienone is 3. The first-order valence-electron chi connectivity index (χ1n) is 17.2. The number of hydrogen-bond acceptors (Lipinski definition) is 3. The molecule has 5 aliphatic rings. The van der Waals surface area contributed by atoms with E-state index in [9.17, 15) is 0 Å². The molecule has 0 aromatic heterocycles. The Hall–Kier alpha value is -4.73. The van der Waals surface area contributed by atoms with Gasteiger partial charge in [0.25, 0.3) is 0 Å². The van der Waals surface area contributed by atoms with Crippen molar-refractivity contribution >= 4 is 22.2 Å². The van der Waals surface area contributed by atoms with Crippen LogP contribution in [0.3, 0.4) is 0 Å². The van der Waals surface area contributed by atoms with Gasteiger partial charge in [-0.3, -0.25) is 5.01 Å². The van der Waals surface area contributed by atoms with E-state index in [2.05, 4.69) is 160 Å². The molecule has 3 aliphatic carbocycles. The Balaban J connectivity index is 1.10. The van der Waals surface area contributed by atoms with Gasteiger partial charge in [0.1, 0.15) is 18.2 Å². The Morgan fingerprint density at radius 2 is 1.34 bits per heavy atom. The van der Waals surface area contributed by atoms with E-state index in [1.807, 2.05) is 0 Å². The van der Waals surface area contributed by atoms with Gasteiger partial charge in [0.2, 0.25) is 0 Å². The quantitative estimate of drug-likeness (QED) is 0.190. The van der Waals surface area contributed by atoms with E-state index in [-0.39, 0.29) is 23.2 Å². The maximum atomic E-state index is 5.60. The maximum Gasteiger partial charge on any atom is 0.149 e. The van der Waals surface area contributed by atoms with Crippen LogP contribution in [0.15, 0.2) is 131 Å². The lowest BCUT2D eigenvalue weighted by Gasteiger charge is -2.29. The van der Waals surface area contributed by atoms with E-state index in [1.165, 1.54) is 72.0 Å². The van der Waals surface area contributed by atoms with E-state index in [0.29, 0.717) is 5.92 Å². The summed E-state index contributed by atoms with van der Waals surface area (Å²) in [6.07, 6.45) is 3.70. The fourth-order valence-corrected chi connectivity index (χ4v) is 9.42. The third-order valence-corrected chi connectivity index (χ3v) is 11.9. The number of amidine groups is 1. The molecule has 1 saturated heterocycles. The summed E-state index contributed by atoms with van der Waals surface area (Å²) in [7, 11) is 0. The van der Waals surface area contributed by atoms with Crippen molar-refractivity contribution in [2.75, 3.05) is 0 Å². The molecule has 0 bridgehead atoms. The number of hydrogen-bond donors (Lipinski definition) is 0. The lowest BCUT2D eigenvalue weighted by molar-refractivity contribution is 0.358. The molecule has 0 amide bonds. The average molecular weight is 610 g/mol. The van der Waals surface area contributed by atoms with E-state index in [1.54, 1.807) is 0 Å². The molecule has 0 N–H and O–H groups in total. The summed E-state index contributed by atoms with van der Waals surface area (Å²) in [6, 6.07) is 40.7. The van der Waals surface area contributed by atoms with Gasteiger partial charge in [0, 0.05) is 16.4 Å². The van der Waals surface area contributed by atoms with E-state index >= 15 is 0 Å². The number of benzene rings is 5. The summed E-state index contributed by atoms with van der Waals surface area (Å²) in [5, 5.41) is 7.57.